The van der Waals surface area contributed by atoms with Crippen molar-refractivity contribution in [1.82, 2.24) is 0 Å². The number of aliphatic hydroxyl groups is 1. The van der Waals surface area contributed by atoms with Crippen LogP contribution in [-0.4, -0.2) is 27.6 Å². The molecule has 146 valence electrons. The molecule has 4 heteroatoms. The average molecular weight is 370 g/mol. The van der Waals surface area contributed by atoms with Gasteiger partial charge in [-0.25, -0.2) is 4.79 Å². The van der Waals surface area contributed by atoms with Gasteiger partial charge in [0.15, 0.2) is 5.78 Å². The van der Waals surface area contributed by atoms with E-state index in [1.165, 1.54) is 11.6 Å². The van der Waals surface area contributed by atoms with Gasteiger partial charge >= 0.3 is 5.97 Å². The van der Waals surface area contributed by atoms with Gasteiger partial charge in [0.05, 0.1) is 5.60 Å². The van der Waals surface area contributed by atoms with Gasteiger partial charge < -0.3 is 10.2 Å². The van der Waals surface area contributed by atoms with Gasteiger partial charge in [0.1, 0.15) is 0 Å². The molecule has 0 aliphatic heterocycles. The highest BCUT2D eigenvalue weighted by atomic mass is 16.4. The Morgan fingerprint density at radius 2 is 1.93 bits per heavy atom. The highest BCUT2D eigenvalue weighted by Crippen LogP contribution is 2.76. The fourth-order valence-corrected chi connectivity index (χ4v) is 7.83. The molecule has 5 aliphatic rings. The van der Waals surface area contributed by atoms with Crippen molar-refractivity contribution >= 4 is 11.8 Å². The van der Waals surface area contributed by atoms with Gasteiger partial charge in [-0.05, 0) is 87.2 Å². The number of carboxylic acid groups (broad SMARTS) is 1. The Hall–Kier alpha value is -1.42. The summed E-state index contributed by atoms with van der Waals surface area (Å²) in [5.41, 5.74) is 0.0530. The van der Waals surface area contributed by atoms with E-state index < -0.39 is 11.6 Å². The number of ketones is 1. The SMILES string of the molecule is C[C@]12CC[C@H]3[C@@H](CCC4=CC(=O)CC[C@@H]43)[C@@H]1CC1(CC1)[C@@]2(O)/C=C\C(=O)O. The van der Waals surface area contributed by atoms with Crippen LogP contribution in [0, 0.1) is 34.5 Å². The third-order valence-electron chi connectivity index (χ3n) is 9.30. The number of carbonyl (C=O) groups excluding carboxylic acids is 1. The Bertz CT molecular complexity index is 760. The van der Waals surface area contributed by atoms with Crippen molar-refractivity contribution in [2.45, 2.75) is 70.3 Å². The molecule has 5 aliphatic carbocycles. The van der Waals surface area contributed by atoms with Gasteiger partial charge in [-0.3, -0.25) is 4.79 Å². The highest BCUT2D eigenvalue weighted by Gasteiger charge is 2.74. The van der Waals surface area contributed by atoms with Crippen molar-refractivity contribution in [2.75, 3.05) is 0 Å². The predicted octanol–water partition coefficient (Wildman–Crippen LogP) is 3.89. The first-order valence-electron chi connectivity index (χ1n) is 10.7. The van der Waals surface area contributed by atoms with Gasteiger partial charge in [0.2, 0.25) is 0 Å². The number of carbonyl (C=O) groups is 2. The quantitative estimate of drug-likeness (QED) is 0.723. The first kappa shape index (κ1) is 17.7. The highest BCUT2D eigenvalue weighted by molar-refractivity contribution is 5.91. The zero-order chi connectivity index (χ0) is 19.0. The predicted molar refractivity (Wildman–Crippen MR) is 101 cm³/mol. The Labute approximate surface area is 160 Å². The summed E-state index contributed by atoms with van der Waals surface area (Å²) in [6.45, 7) is 2.23. The molecule has 27 heavy (non-hydrogen) atoms. The summed E-state index contributed by atoms with van der Waals surface area (Å²) in [5, 5.41) is 21.0. The third-order valence-corrected chi connectivity index (χ3v) is 9.30. The molecule has 0 saturated heterocycles. The second-order valence-corrected chi connectivity index (χ2v) is 10.2. The molecule has 0 aromatic rings. The molecule has 0 amide bonds. The molecule has 0 heterocycles. The summed E-state index contributed by atoms with van der Waals surface area (Å²) < 4.78 is 0. The van der Waals surface area contributed by atoms with E-state index in [-0.39, 0.29) is 10.8 Å². The van der Waals surface area contributed by atoms with Gasteiger partial charge in [-0.2, -0.15) is 0 Å². The van der Waals surface area contributed by atoms with E-state index >= 15 is 0 Å². The Morgan fingerprint density at radius 1 is 1.15 bits per heavy atom. The molecule has 2 N–H and O–H groups in total. The maximum atomic E-state index is 11.9. The van der Waals surface area contributed by atoms with Gasteiger partial charge in [0.25, 0.3) is 0 Å². The molecule has 5 rings (SSSR count). The van der Waals surface area contributed by atoms with Gasteiger partial charge in [-0.15, -0.1) is 0 Å². The number of allylic oxidation sites excluding steroid dienone is 1. The fraction of sp³-hybridized carbons (Fsp3) is 0.739. The van der Waals surface area contributed by atoms with E-state index in [0.717, 1.165) is 51.4 Å². The second kappa shape index (κ2) is 5.56. The summed E-state index contributed by atoms with van der Waals surface area (Å²) in [4.78, 5) is 23.0. The summed E-state index contributed by atoms with van der Waals surface area (Å²) in [7, 11) is 0. The minimum absolute atomic E-state index is 0.105. The molecule has 4 saturated carbocycles. The fourth-order valence-electron chi connectivity index (χ4n) is 7.83. The number of hydrogen-bond donors (Lipinski definition) is 2. The number of hydrogen-bond acceptors (Lipinski definition) is 3. The Kier molecular flexibility index (Phi) is 3.64. The number of fused-ring (bicyclic) bond motifs is 5. The zero-order valence-electron chi connectivity index (χ0n) is 16.1. The van der Waals surface area contributed by atoms with Crippen LogP contribution in [0.5, 0.6) is 0 Å². The van der Waals surface area contributed by atoms with Crippen molar-refractivity contribution in [3.05, 3.63) is 23.8 Å². The van der Waals surface area contributed by atoms with E-state index in [0.29, 0.717) is 35.9 Å². The molecule has 0 aromatic carbocycles. The third kappa shape index (κ3) is 2.25. The molecule has 0 aromatic heterocycles. The molecule has 1 spiro atoms. The lowest BCUT2D eigenvalue weighted by atomic mass is 9.50. The van der Waals surface area contributed by atoms with Crippen molar-refractivity contribution in [3.8, 4) is 0 Å². The maximum Gasteiger partial charge on any atom is 0.328 e. The Morgan fingerprint density at radius 3 is 2.63 bits per heavy atom. The van der Waals surface area contributed by atoms with Gasteiger partial charge in [0, 0.05) is 23.3 Å². The lowest BCUT2D eigenvalue weighted by Gasteiger charge is -2.55. The van der Waals surface area contributed by atoms with Crippen LogP contribution in [0.3, 0.4) is 0 Å². The summed E-state index contributed by atoms with van der Waals surface area (Å²) >= 11 is 0. The summed E-state index contributed by atoms with van der Waals surface area (Å²) in [5.74, 6) is 1.58. The topological polar surface area (TPSA) is 74.6 Å². The average Bonchev–Trinajstić information content (AvgIpc) is 3.39. The minimum Gasteiger partial charge on any atom is -0.478 e. The lowest BCUT2D eigenvalue weighted by Crippen LogP contribution is -2.53. The van der Waals surface area contributed by atoms with Crippen LogP contribution in [0.15, 0.2) is 23.8 Å². The number of carboxylic acids is 1. The smallest absolute Gasteiger partial charge is 0.328 e. The van der Waals surface area contributed by atoms with Crippen molar-refractivity contribution < 1.29 is 19.8 Å². The molecule has 4 fully saturated rings. The van der Waals surface area contributed by atoms with Crippen LogP contribution in [0.1, 0.15) is 64.7 Å². The van der Waals surface area contributed by atoms with Crippen molar-refractivity contribution in [1.29, 1.82) is 0 Å². The van der Waals surface area contributed by atoms with Crippen LogP contribution in [0.2, 0.25) is 0 Å². The van der Waals surface area contributed by atoms with Crippen molar-refractivity contribution in [2.24, 2.45) is 34.5 Å². The first-order chi connectivity index (χ1) is 12.8. The van der Waals surface area contributed by atoms with Crippen LogP contribution in [-0.2, 0) is 9.59 Å². The van der Waals surface area contributed by atoms with Gasteiger partial charge in [-0.1, -0.05) is 12.5 Å². The van der Waals surface area contributed by atoms with Crippen LogP contribution >= 0.6 is 0 Å². The first-order valence-corrected chi connectivity index (χ1v) is 10.7. The summed E-state index contributed by atoms with van der Waals surface area (Å²) in [6, 6.07) is 0. The van der Waals surface area contributed by atoms with E-state index in [9.17, 15) is 14.7 Å². The van der Waals surface area contributed by atoms with E-state index in [1.54, 1.807) is 6.08 Å². The van der Waals surface area contributed by atoms with Crippen LogP contribution in [0.4, 0.5) is 0 Å². The van der Waals surface area contributed by atoms with Crippen LogP contribution < -0.4 is 0 Å². The molecule has 6 atom stereocenters. The van der Waals surface area contributed by atoms with E-state index in [2.05, 4.69) is 6.92 Å². The number of rotatable bonds is 2. The van der Waals surface area contributed by atoms with E-state index in [1.807, 2.05) is 6.08 Å². The van der Waals surface area contributed by atoms with E-state index in [4.69, 9.17) is 5.11 Å². The molecule has 4 nitrogen and oxygen atoms in total. The molecule has 0 unspecified atom stereocenters. The number of aliphatic carboxylic acids is 1. The largest absolute Gasteiger partial charge is 0.478 e. The lowest BCUT2D eigenvalue weighted by molar-refractivity contribution is -0.132. The zero-order valence-corrected chi connectivity index (χ0v) is 16.1. The standard InChI is InChI=1S/C23H30O4/c1-21-8-6-17-16-5-3-15(24)12-14(16)2-4-18(17)19(21)13-22(10-11-22)23(21,27)9-7-20(25)26/h7,9,12,16-19,27H,2-6,8,10-11,13H2,1H3,(H,25,26)/b9-7-/t16-,17+,18+,19-,21-,23+/m0/s1. The molecule has 0 bridgehead atoms. The van der Waals surface area contributed by atoms with Crippen molar-refractivity contribution in [3.63, 3.8) is 0 Å². The molecular formula is C23H30O4. The minimum atomic E-state index is -0.993. The monoisotopic (exact) mass is 370 g/mol. The normalized spacial score (nSPS) is 47.3. The Balaban J connectivity index is 1.50. The molecule has 0 radical (unpaired) electrons. The molecular weight excluding hydrogens is 340 g/mol. The maximum absolute atomic E-state index is 11.9. The van der Waals surface area contributed by atoms with Crippen LogP contribution in [0.25, 0.3) is 0 Å². The second-order valence-electron chi connectivity index (χ2n) is 10.2. The summed E-state index contributed by atoms with van der Waals surface area (Å²) in [6.07, 6.45) is 13.7.